The number of likely N-dealkylation sites (N-methyl/N-ethyl adjacent to an activating group) is 1. The molecule has 0 radical (unpaired) electrons. The highest BCUT2D eigenvalue weighted by Gasteiger charge is 2.24. The summed E-state index contributed by atoms with van der Waals surface area (Å²) in [7, 11) is 1.81. The average molecular weight is 311 g/mol. The molecule has 4 nitrogen and oxygen atoms in total. The van der Waals surface area contributed by atoms with Gasteiger partial charge in [0.1, 0.15) is 11.6 Å². The number of hydrogen-bond acceptors (Lipinski definition) is 3. The third-order valence-corrected chi connectivity index (χ3v) is 4.44. The van der Waals surface area contributed by atoms with Crippen molar-refractivity contribution in [2.45, 2.75) is 44.6 Å². The van der Waals surface area contributed by atoms with Crippen LogP contribution in [-0.4, -0.2) is 30.4 Å². The number of amides is 1. The summed E-state index contributed by atoms with van der Waals surface area (Å²) in [6.45, 7) is 0.704. The van der Waals surface area contributed by atoms with Crippen LogP contribution in [0.3, 0.4) is 0 Å². The molecule has 23 heavy (non-hydrogen) atoms. The molecule has 0 saturated heterocycles. The molecule has 1 aromatic rings. The number of carbonyl (C=O) groups is 1. The number of hydrogen-bond donors (Lipinski definition) is 1. The monoisotopic (exact) mass is 311 g/mol. The number of nitrogens with one attached hydrogen (secondary N) is 1. The number of carbonyl (C=O) groups excluding carboxylic acids is 1. The Kier molecular flexibility index (Phi) is 6.68. The minimum atomic E-state index is -0.174. The smallest absolute Gasteiger partial charge is 0.265 e. The molecule has 1 aliphatic rings. The minimum absolute atomic E-state index is 0.174. The first kappa shape index (κ1) is 17.1. The molecule has 0 atom stereocenters. The molecule has 0 bridgehead atoms. The molecule has 1 aromatic carbocycles. The maximum absolute atomic E-state index is 12.4. The Balaban J connectivity index is 1.85. The second-order valence-electron chi connectivity index (χ2n) is 6.07. The fourth-order valence-corrected chi connectivity index (χ4v) is 3.00. The normalized spacial score (nSPS) is 15.7. The quantitative estimate of drug-likeness (QED) is 0.499. The Labute approximate surface area is 138 Å². The van der Waals surface area contributed by atoms with Gasteiger partial charge in [-0.25, -0.2) is 0 Å². The summed E-state index contributed by atoms with van der Waals surface area (Å²) in [5, 5.41) is 12.3. The van der Waals surface area contributed by atoms with Crippen LogP contribution in [0.4, 0.5) is 0 Å². The number of nitrogens with zero attached hydrogens (tertiary/aromatic N) is 2. The lowest BCUT2D eigenvalue weighted by atomic mass is 9.94. The molecule has 4 heteroatoms. The Morgan fingerprint density at radius 1 is 1.30 bits per heavy atom. The van der Waals surface area contributed by atoms with Gasteiger partial charge in [-0.2, -0.15) is 5.26 Å². The SMILES string of the molecule is CN(C(=O)/C(C#N)=C\NCCc1ccccc1)C1CCCCC1. The Hall–Kier alpha value is -2.28. The van der Waals surface area contributed by atoms with E-state index in [2.05, 4.69) is 17.4 Å². The summed E-state index contributed by atoms with van der Waals surface area (Å²) >= 11 is 0. The standard InChI is InChI=1S/C19H25N3O/c1-22(18-10-6-3-7-11-18)19(23)17(14-20)15-21-13-12-16-8-4-2-5-9-16/h2,4-5,8-9,15,18,21H,3,6-7,10-13H2,1H3/b17-15-. The fourth-order valence-electron chi connectivity index (χ4n) is 3.00. The van der Waals surface area contributed by atoms with Crippen LogP contribution in [0.15, 0.2) is 42.1 Å². The molecule has 1 saturated carbocycles. The van der Waals surface area contributed by atoms with E-state index >= 15 is 0 Å². The van der Waals surface area contributed by atoms with E-state index in [1.807, 2.05) is 31.3 Å². The Morgan fingerprint density at radius 3 is 2.65 bits per heavy atom. The van der Waals surface area contributed by atoms with E-state index in [0.717, 1.165) is 19.3 Å². The molecule has 0 heterocycles. The molecule has 2 rings (SSSR count). The van der Waals surface area contributed by atoms with Crippen molar-refractivity contribution in [2.24, 2.45) is 0 Å². The second-order valence-corrected chi connectivity index (χ2v) is 6.07. The predicted octanol–water partition coefficient (Wildman–Crippen LogP) is 3.02. The van der Waals surface area contributed by atoms with Gasteiger partial charge in [-0.1, -0.05) is 49.6 Å². The van der Waals surface area contributed by atoms with E-state index in [1.165, 1.54) is 24.8 Å². The first-order valence-corrected chi connectivity index (χ1v) is 8.37. The number of benzene rings is 1. The van der Waals surface area contributed by atoms with Crippen molar-refractivity contribution >= 4 is 5.91 Å². The summed E-state index contributed by atoms with van der Waals surface area (Å²) < 4.78 is 0. The zero-order valence-corrected chi connectivity index (χ0v) is 13.8. The van der Waals surface area contributed by atoms with Crippen LogP contribution < -0.4 is 5.32 Å². The third kappa shape index (κ3) is 5.14. The van der Waals surface area contributed by atoms with E-state index in [4.69, 9.17) is 0 Å². The lowest BCUT2D eigenvalue weighted by Gasteiger charge is -2.31. The summed E-state index contributed by atoms with van der Waals surface area (Å²) in [6, 6.07) is 12.4. The van der Waals surface area contributed by atoms with Gasteiger partial charge in [-0.05, 0) is 24.8 Å². The highest BCUT2D eigenvalue weighted by Crippen LogP contribution is 2.22. The molecule has 0 unspecified atom stereocenters. The maximum Gasteiger partial charge on any atom is 0.265 e. The van der Waals surface area contributed by atoms with Crippen molar-refractivity contribution in [3.8, 4) is 6.07 Å². The van der Waals surface area contributed by atoms with Gasteiger partial charge >= 0.3 is 0 Å². The third-order valence-electron chi connectivity index (χ3n) is 4.44. The molecule has 1 amide bonds. The zero-order valence-electron chi connectivity index (χ0n) is 13.8. The molecule has 122 valence electrons. The summed E-state index contributed by atoms with van der Waals surface area (Å²) in [5.74, 6) is -0.174. The highest BCUT2D eigenvalue weighted by atomic mass is 16.2. The Morgan fingerprint density at radius 2 is 2.00 bits per heavy atom. The maximum atomic E-state index is 12.4. The largest absolute Gasteiger partial charge is 0.389 e. The van der Waals surface area contributed by atoms with Crippen LogP contribution in [0.25, 0.3) is 0 Å². The molecular formula is C19H25N3O. The first-order chi connectivity index (χ1) is 11.2. The van der Waals surface area contributed by atoms with Gasteiger partial charge in [0, 0.05) is 25.8 Å². The summed E-state index contributed by atoms with van der Waals surface area (Å²) in [5.41, 5.74) is 1.42. The van der Waals surface area contributed by atoms with E-state index in [-0.39, 0.29) is 17.5 Å². The van der Waals surface area contributed by atoms with Crippen molar-refractivity contribution in [1.82, 2.24) is 10.2 Å². The summed E-state index contributed by atoms with van der Waals surface area (Å²) in [4.78, 5) is 14.2. The molecule has 0 aliphatic heterocycles. The number of rotatable bonds is 6. The van der Waals surface area contributed by atoms with Crippen LogP contribution in [0.5, 0.6) is 0 Å². The topological polar surface area (TPSA) is 56.1 Å². The van der Waals surface area contributed by atoms with Gasteiger partial charge in [0.15, 0.2) is 0 Å². The fraction of sp³-hybridized carbons (Fsp3) is 0.474. The van der Waals surface area contributed by atoms with Crippen molar-refractivity contribution in [3.63, 3.8) is 0 Å². The van der Waals surface area contributed by atoms with Crippen molar-refractivity contribution in [3.05, 3.63) is 47.7 Å². The molecule has 1 N–H and O–H groups in total. The Bertz CT molecular complexity index is 568. The van der Waals surface area contributed by atoms with Gasteiger partial charge in [-0.3, -0.25) is 4.79 Å². The van der Waals surface area contributed by atoms with Crippen molar-refractivity contribution in [1.29, 1.82) is 5.26 Å². The zero-order chi connectivity index (χ0) is 16.5. The van der Waals surface area contributed by atoms with Gasteiger partial charge in [-0.15, -0.1) is 0 Å². The van der Waals surface area contributed by atoms with E-state index < -0.39 is 0 Å². The lowest BCUT2D eigenvalue weighted by Crippen LogP contribution is -2.39. The number of nitriles is 1. The molecular weight excluding hydrogens is 286 g/mol. The molecule has 1 fully saturated rings. The van der Waals surface area contributed by atoms with E-state index in [0.29, 0.717) is 6.54 Å². The van der Waals surface area contributed by atoms with Crippen molar-refractivity contribution < 1.29 is 4.79 Å². The van der Waals surface area contributed by atoms with Crippen LogP contribution in [0.2, 0.25) is 0 Å². The highest BCUT2D eigenvalue weighted by molar-refractivity contribution is 5.97. The van der Waals surface area contributed by atoms with Crippen molar-refractivity contribution in [2.75, 3.05) is 13.6 Å². The average Bonchev–Trinajstić information content (AvgIpc) is 2.62. The van der Waals surface area contributed by atoms with Crippen LogP contribution >= 0.6 is 0 Å². The molecule has 1 aliphatic carbocycles. The molecule has 0 spiro atoms. The minimum Gasteiger partial charge on any atom is -0.389 e. The van der Waals surface area contributed by atoms with Gasteiger partial charge < -0.3 is 10.2 Å². The summed E-state index contributed by atoms with van der Waals surface area (Å²) in [6.07, 6.45) is 8.10. The van der Waals surface area contributed by atoms with Crippen LogP contribution in [0.1, 0.15) is 37.7 Å². The lowest BCUT2D eigenvalue weighted by molar-refractivity contribution is -0.128. The first-order valence-electron chi connectivity index (χ1n) is 8.37. The van der Waals surface area contributed by atoms with E-state index in [9.17, 15) is 10.1 Å². The second kappa shape index (κ2) is 8.99. The van der Waals surface area contributed by atoms with Gasteiger partial charge in [0.2, 0.25) is 0 Å². The van der Waals surface area contributed by atoms with Gasteiger partial charge in [0.05, 0.1) is 0 Å². The van der Waals surface area contributed by atoms with Crippen LogP contribution in [0, 0.1) is 11.3 Å². The molecule has 0 aromatic heterocycles. The van der Waals surface area contributed by atoms with Crippen LogP contribution in [-0.2, 0) is 11.2 Å². The van der Waals surface area contributed by atoms with Gasteiger partial charge in [0.25, 0.3) is 5.91 Å². The predicted molar refractivity (Wildman–Crippen MR) is 91.5 cm³/mol. The van der Waals surface area contributed by atoms with E-state index in [1.54, 1.807) is 11.1 Å².